The van der Waals surface area contributed by atoms with E-state index in [1.807, 2.05) is 33.8 Å². The number of aliphatic hydroxyl groups excluding tert-OH is 1. The maximum atomic E-state index is 13.0. The van der Waals surface area contributed by atoms with E-state index in [0.29, 0.717) is 0 Å². The molecule has 0 radical (unpaired) electrons. The van der Waals surface area contributed by atoms with Crippen LogP contribution in [0.15, 0.2) is 12.1 Å². The van der Waals surface area contributed by atoms with Gasteiger partial charge in [-0.05, 0) is 49.9 Å². The fourth-order valence-electron chi connectivity index (χ4n) is 1.92. The molecular formula is C14H21F2NO. The van der Waals surface area contributed by atoms with Crippen molar-refractivity contribution in [2.24, 2.45) is 0 Å². The van der Waals surface area contributed by atoms with Crippen molar-refractivity contribution in [2.75, 3.05) is 13.2 Å². The normalized spacial score (nSPS) is 13.7. The Balaban J connectivity index is 2.79. The Morgan fingerprint density at radius 3 is 2.28 bits per heavy atom. The highest BCUT2D eigenvalue weighted by Crippen LogP contribution is 2.22. The summed E-state index contributed by atoms with van der Waals surface area (Å²) in [5.41, 5.74) is 4.46. The topological polar surface area (TPSA) is 32.3 Å². The van der Waals surface area contributed by atoms with Gasteiger partial charge in [-0.25, -0.2) is 8.78 Å². The molecule has 0 aliphatic rings. The summed E-state index contributed by atoms with van der Waals surface area (Å²) in [6, 6.07) is 3.92. The number of hydrogen-bond donors (Lipinski definition) is 2. The Labute approximate surface area is 107 Å². The first-order valence-electron chi connectivity index (χ1n) is 6.06. The molecule has 1 atom stereocenters. The van der Waals surface area contributed by atoms with Gasteiger partial charge < -0.3 is 10.4 Å². The van der Waals surface area contributed by atoms with E-state index in [4.69, 9.17) is 5.11 Å². The average molecular weight is 257 g/mol. The van der Waals surface area contributed by atoms with Gasteiger partial charge in [0, 0.05) is 6.04 Å². The zero-order chi connectivity index (χ0) is 13.9. The van der Waals surface area contributed by atoms with Gasteiger partial charge in [-0.2, -0.15) is 0 Å². The first kappa shape index (κ1) is 15.1. The molecule has 0 heterocycles. The van der Waals surface area contributed by atoms with Crippen LogP contribution in [-0.2, 0) is 0 Å². The van der Waals surface area contributed by atoms with E-state index in [1.54, 1.807) is 0 Å². The van der Waals surface area contributed by atoms with Crippen LogP contribution in [0.25, 0.3) is 0 Å². The summed E-state index contributed by atoms with van der Waals surface area (Å²) in [5.74, 6) is -3.07. The summed E-state index contributed by atoms with van der Waals surface area (Å²) in [6.07, 6.45) is 0. The molecule has 18 heavy (non-hydrogen) atoms. The summed E-state index contributed by atoms with van der Waals surface area (Å²) in [4.78, 5) is 0. The molecule has 1 aromatic carbocycles. The Morgan fingerprint density at radius 2 is 1.72 bits per heavy atom. The number of hydrogen-bond acceptors (Lipinski definition) is 2. The molecule has 0 saturated carbocycles. The molecule has 0 fully saturated rings. The van der Waals surface area contributed by atoms with E-state index in [-0.39, 0.29) is 6.04 Å². The van der Waals surface area contributed by atoms with Crippen LogP contribution in [-0.4, -0.2) is 24.2 Å². The van der Waals surface area contributed by atoms with Gasteiger partial charge in [0.1, 0.15) is 6.61 Å². The number of halogens is 2. The van der Waals surface area contributed by atoms with Crippen molar-refractivity contribution >= 4 is 0 Å². The van der Waals surface area contributed by atoms with Gasteiger partial charge in [0.25, 0.3) is 5.92 Å². The van der Waals surface area contributed by atoms with Crippen LogP contribution in [0, 0.1) is 20.8 Å². The molecule has 2 nitrogen and oxygen atoms in total. The zero-order valence-electron chi connectivity index (χ0n) is 11.3. The van der Waals surface area contributed by atoms with E-state index in [2.05, 4.69) is 11.4 Å². The third-order valence-corrected chi connectivity index (χ3v) is 3.25. The second-order valence-corrected chi connectivity index (χ2v) is 4.91. The summed E-state index contributed by atoms with van der Waals surface area (Å²) in [6.45, 7) is 6.22. The van der Waals surface area contributed by atoms with Crippen molar-refractivity contribution in [3.05, 3.63) is 34.4 Å². The minimum atomic E-state index is -3.07. The number of aryl methyl sites for hydroxylation is 3. The highest BCUT2D eigenvalue weighted by atomic mass is 19.3. The Kier molecular flexibility index (Phi) is 4.82. The molecule has 2 N–H and O–H groups in total. The average Bonchev–Trinajstić information content (AvgIpc) is 2.31. The van der Waals surface area contributed by atoms with Crippen molar-refractivity contribution in [3.8, 4) is 0 Å². The minimum absolute atomic E-state index is 0.165. The zero-order valence-corrected chi connectivity index (χ0v) is 11.3. The quantitative estimate of drug-likeness (QED) is 0.850. The lowest BCUT2D eigenvalue weighted by Crippen LogP contribution is -2.37. The predicted octanol–water partition coefficient (Wildman–Crippen LogP) is 2.89. The van der Waals surface area contributed by atoms with E-state index >= 15 is 0 Å². The standard InChI is InChI=1S/C14H21F2NO/c1-9-5-11(3)13(6-10(9)2)12(4)17-7-14(15,16)8-18/h5-6,12,17-18H,7-8H2,1-4H3. The number of aliphatic hydroxyl groups is 1. The fourth-order valence-corrected chi connectivity index (χ4v) is 1.92. The summed E-state index contributed by atoms with van der Waals surface area (Å²) < 4.78 is 25.9. The fraction of sp³-hybridized carbons (Fsp3) is 0.571. The van der Waals surface area contributed by atoms with Crippen molar-refractivity contribution in [1.82, 2.24) is 5.32 Å². The van der Waals surface area contributed by atoms with Crippen LogP contribution in [0.1, 0.15) is 35.2 Å². The largest absolute Gasteiger partial charge is 0.390 e. The van der Waals surface area contributed by atoms with Gasteiger partial charge in [0.15, 0.2) is 0 Å². The number of rotatable bonds is 5. The smallest absolute Gasteiger partial charge is 0.282 e. The molecule has 4 heteroatoms. The second-order valence-electron chi connectivity index (χ2n) is 4.91. The SMILES string of the molecule is Cc1cc(C)c(C(C)NCC(F)(F)CO)cc1C. The van der Waals surface area contributed by atoms with E-state index in [1.165, 1.54) is 5.56 Å². The van der Waals surface area contributed by atoms with Crippen LogP contribution >= 0.6 is 0 Å². The van der Waals surface area contributed by atoms with Crippen molar-refractivity contribution in [3.63, 3.8) is 0 Å². The summed E-state index contributed by atoms with van der Waals surface area (Å²) >= 11 is 0. The molecule has 1 aromatic rings. The molecule has 0 aliphatic carbocycles. The number of alkyl halides is 2. The molecule has 0 aromatic heterocycles. The monoisotopic (exact) mass is 257 g/mol. The van der Waals surface area contributed by atoms with Crippen molar-refractivity contribution in [2.45, 2.75) is 39.7 Å². The molecule has 0 spiro atoms. The molecule has 1 unspecified atom stereocenters. The first-order chi connectivity index (χ1) is 8.26. The molecule has 0 bridgehead atoms. The summed E-state index contributed by atoms with van der Waals surface area (Å²) in [5, 5.41) is 11.3. The maximum Gasteiger partial charge on any atom is 0.282 e. The highest BCUT2D eigenvalue weighted by molar-refractivity contribution is 5.38. The third-order valence-electron chi connectivity index (χ3n) is 3.25. The third kappa shape index (κ3) is 3.75. The maximum absolute atomic E-state index is 13.0. The van der Waals surface area contributed by atoms with Gasteiger partial charge in [-0.15, -0.1) is 0 Å². The number of nitrogens with one attached hydrogen (secondary N) is 1. The van der Waals surface area contributed by atoms with Gasteiger partial charge in [-0.3, -0.25) is 0 Å². The second kappa shape index (κ2) is 5.76. The first-order valence-corrected chi connectivity index (χ1v) is 6.06. The van der Waals surface area contributed by atoms with Crippen LogP contribution in [0.4, 0.5) is 8.78 Å². The van der Waals surface area contributed by atoms with E-state index in [9.17, 15) is 8.78 Å². The molecule has 0 aliphatic heterocycles. The Morgan fingerprint density at radius 1 is 1.17 bits per heavy atom. The molecule has 102 valence electrons. The van der Waals surface area contributed by atoms with Crippen molar-refractivity contribution in [1.29, 1.82) is 0 Å². The number of benzene rings is 1. The van der Waals surface area contributed by atoms with Gasteiger partial charge >= 0.3 is 0 Å². The summed E-state index contributed by atoms with van der Waals surface area (Å²) in [7, 11) is 0. The van der Waals surface area contributed by atoms with Crippen LogP contribution in [0.5, 0.6) is 0 Å². The van der Waals surface area contributed by atoms with Crippen molar-refractivity contribution < 1.29 is 13.9 Å². The lowest BCUT2D eigenvalue weighted by molar-refractivity contribution is -0.0490. The lowest BCUT2D eigenvalue weighted by Gasteiger charge is -2.21. The molecule has 0 amide bonds. The van der Waals surface area contributed by atoms with E-state index in [0.717, 1.165) is 16.7 Å². The lowest BCUT2D eigenvalue weighted by atomic mass is 9.96. The minimum Gasteiger partial charge on any atom is -0.390 e. The Bertz CT molecular complexity index is 419. The van der Waals surface area contributed by atoms with Gasteiger partial charge in [-0.1, -0.05) is 12.1 Å². The van der Waals surface area contributed by atoms with Gasteiger partial charge in [0.2, 0.25) is 0 Å². The van der Waals surface area contributed by atoms with Gasteiger partial charge in [0.05, 0.1) is 6.54 Å². The van der Waals surface area contributed by atoms with Crippen LogP contribution in [0.3, 0.4) is 0 Å². The van der Waals surface area contributed by atoms with Crippen LogP contribution in [0.2, 0.25) is 0 Å². The van der Waals surface area contributed by atoms with Crippen LogP contribution < -0.4 is 5.32 Å². The molecular weight excluding hydrogens is 236 g/mol. The van der Waals surface area contributed by atoms with E-state index < -0.39 is 19.1 Å². The molecule has 1 rings (SSSR count). The predicted molar refractivity (Wildman–Crippen MR) is 69.1 cm³/mol. The molecule has 0 saturated heterocycles. The highest BCUT2D eigenvalue weighted by Gasteiger charge is 2.28. The Hall–Kier alpha value is -1.00.